The first kappa shape index (κ1) is 19.8. The van der Waals surface area contributed by atoms with Gasteiger partial charge in [0.1, 0.15) is 0 Å². The van der Waals surface area contributed by atoms with Gasteiger partial charge in [-0.25, -0.2) is 0 Å². The Morgan fingerprint density at radius 1 is 1.15 bits per heavy atom. The Labute approximate surface area is 160 Å². The fourth-order valence-electron chi connectivity index (χ4n) is 4.07. The maximum absolute atomic E-state index is 12.4. The molecule has 2 saturated heterocycles. The zero-order chi connectivity index (χ0) is 19.1. The van der Waals surface area contributed by atoms with Crippen molar-refractivity contribution < 1.29 is 24.2 Å². The minimum atomic E-state index is -0.758. The molecule has 0 saturated carbocycles. The van der Waals surface area contributed by atoms with Crippen LogP contribution in [0.1, 0.15) is 37.7 Å². The number of amides is 1. The average Bonchev–Trinajstić information content (AvgIpc) is 3.19. The first-order chi connectivity index (χ1) is 13.1. The molecule has 1 amide bonds. The number of carboxylic acids is 1. The van der Waals surface area contributed by atoms with E-state index in [1.165, 1.54) is 0 Å². The SMILES string of the molecule is O=C(O)C1CCO[C@H]1C1CCN(C(=O)CCCOCc2ccccc2)CC1. The molecular formula is C21H29NO5. The van der Waals surface area contributed by atoms with Crippen LogP contribution < -0.4 is 0 Å². The number of piperidine rings is 1. The van der Waals surface area contributed by atoms with Crippen LogP contribution >= 0.6 is 0 Å². The second-order valence-corrected chi connectivity index (χ2v) is 7.43. The van der Waals surface area contributed by atoms with Crippen LogP contribution in [0.15, 0.2) is 30.3 Å². The number of hydrogen-bond acceptors (Lipinski definition) is 4. The van der Waals surface area contributed by atoms with Crippen LogP contribution in [0, 0.1) is 11.8 Å². The van der Waals surface area contributed by atoms with Crippen molar-refractivity contribution in [2.45, 2.75) is 44.8 Å². The quantitative estimate of drug-likeness (QED) is 0.707. The van der Waals surface area contributed by atoms with Gasteiger partial charge < -0.3 is 19.5 Å². The second kappa shape index (κ2) is 9.85. The lowest BCUT2D eigenvalue weighted by Gasteiger charge is -2.35. The third-order valence-electron chi connectivity index (χ3n) is 5.60. The van der Waals surface area contributed by atoms with Crippen molar-refractivity contribution in [1.29, 1.82) is 0 Å². The van der Waals surface area contributed by atoms with Crippen molar-refractivity contribution in [3.63, 3.8) is 0 Å². The molecule has 3 rings (SSSR count). The van der Waals surface area contributed by atoms with Gasteiger partial charge in [0.25, 0.3) is 0 Å². The molecule has 2 heterocycles. The summed E-state index contributed by atoms with van der Waals surface area (Å²) in [6.45, 7) is 3.07. The fourth-order valence-corrected chi connectivity index (χ4v) is 4.07. The molecule has 0 aromatic heterocycles. The number of ether oxygens (including phenoxy) is 2. The summed E-state index contributed by atoms with van der Waals surface area (Å²) in [5, 5.41) is 9.31. The summed E-state index contributed by atoms with van der Waals surface area (Å²) in [5.41, 5.74) is 1.14. The van der Waals surface area contributed by atoms with E-state index >= 15 is 0 Å². The lowest BCUT2D eigenvalue weighted by Crippen LogP contribution is -2.43. The van der Waals surface area contributed by atoms with Crippen molar-refractivity contribution in [2.75, 3.05) is 26.3 Å². The number of carbonyl (C=O) groups is 2. The van der Waals surface area contributed by atoms with E-state index in [1.54, 1.807) is 0 Å². The molecule has 2 atom stereocenters. The Kier molecular flexibility index (Phi) is 7.24. The molecule has 6 nitrogen and oxygen atoms in total. The van der Waals surface area contributed by atoms with Crippen LogP contribution in [-0.4, -0.2) is 54.3 Å². The minimum absolute atomic E-state index is 0.166. The summed E-state index contributed by atoms with van der Waals surface area (Å²) in [6.07, 6.45) is 3.28. The van der Waals surface area contributed by atoms with Crippen LogP contribution in [0.5, 0.6) is 0 Å². The van der Waals surface area contributed by atoms with Gasteiger partial charge in [0, 0.05) is 32.7 Å². The molecule has 1 aromatic rings. The highest BCUT2D eigenvalue weighted by molar-refractivity contribution is 5.76. The summed E-state index contributed by atoms with van der Waals surface area (Å²) in [5.74, 6) is -0.740. The maximum atomic E-state index is 12.4. The standard InChI is InChI=1S/C21H29NO5/c23-19(7-4-13-26-15-16-5-2-1-3-6-16)22-11-8-17(9-12-22)20-18(21(24)25)10-14-27-20/h1-3,5-6,17-18,20H,4,7-15H2,(H,24,25)/t18?,20-/m0/s1. The van der Waals surface area contributed by atoms with E-state index < -0.39 is 5.97 Å². The normalized spacial score (nSPS) is 23.5. The van der Waals surface area contributed by atoms with Crippen molar-refractivity contribution in [2.24, 2.45) is 11.8 Å². The predicted octanol–water partition coefficient (Wildman–Crippen LogP) is 2.71. The summed E-state index contributed by atoms with van der Waals surface area (Å²) < 4.78 is 11.3. The molecule has 2 aliphatic heterocycles. The Morgan fingerprint density at radius 2 is 1.89 bits per heavy atom. The molecule has 27 heavy (non-hydrogen) atoms. The van der Waals surface area contributed by atoms with Gasteiger partial charge in [-0.1, -0.05) is 30.3 Å². The minimum Gasteiger partial charge on any atom is -0.481 e. The molecular weight excluding hydrogens is 346 g/mol. The van der Waals surface area contributed by atoms with Crippen LogP contribution in [0.2, 0.25) is 0 Å². The second-order valence-electron chi connectivity index (χ2n) is 7.43. The highest BCUT2D eigenvalue weighted by atomic mass is 16.5. The Balaban J connectivity index is 1.32. The third kappa shape index (κ3) is 5.53. The van der Waals surface area contributed by atoms with Crippen LogP contribution in [-0.2, 0) is 25.7 Å². The van der Waals surface area contributed by atoms with Crippen molar-refractivity contribution in [3.05, 3.63) is 35.9 Å². The predicted molar refractivity (Wildman–Crippen MR) is 100 cm³/mol. The fraction of sp³-hybridized carbons (Fsp3) is 0.619. The lowest BCUT2D eigenvalue weighted by atomic mass is 9.84. The summed E-state index contributed by atoms with van der Waals surface area (Å²) in [6, 6.07) is 10.0. The van der Waals surface area contributed by atoms with Crippen LogP contribution in [0.25, 0.3) is 0 Å². The smallest absolute Gasteiger partial charge is 0.309 e. The molecule has 0 aliphatic carbocycles. The monoisotopic (exact) mass is 375 g/mol. The largest absolute Gasteiger partial charge is 0.481 e. The molecule has 0 radical (unpaired) electrons. The molecule has 1 N–H and O–H groups in total. The Morgan fingerprint density at radius 3 is 2.59 bits per heavy atom. The summed E-state index contributed by atoms with van der Waals surface area (Å²) in [4.78, 5) is 25.6. The van der Waals surface area contributed by atoms with Gasteiger partial charge in [0.05, 0.1) is 18.6 Å². The molecule has 1 unspecified atom stereocenters. The van der Waals surface area contributed by atoms with E-state index in [1.807, 2.05) is 35.2 Å². The number of benzene rings is 1. The van der Waals surface area contributed by atoms with E-state index in [4.69, 9.17) is 9.47 Å². The number of nitrogens with zero attached hydrogens (tertiary/aromatic N) is 1. The number of hydrogen-bond donors (Lipinski definition) is 1. The molecule has 148 valence electrons. The van der Waals surface area contributed by atoms with E-state index in [9.17, 15) is 14.7 Å². The molecule has 0 spiro atoms. The summed E-state index contributed by atoms with van der Waals surface area (Å²) >= 11 is 0. The zero-order valence-electron chi connectivity index (χ0n) is 15.7. The molecule has 2 fully saturated rings. The van der Waals surface area contributed by atoms with Gasteiger partial charge in [-0.05, 0) is 37.2 Å². The van der Waals surface area contributed by atoms with Gasteiger partial charge in [-0.15, -0.1) is 0 Å². The topological polar surface area (TPSA) is 76.1 Å². The summed E-state index contributed by atoms with van der Waals surface area (Å²) in [7, 11) is 0. The van der Waals surface area contributed by atoms with E-state index in [0.29, 0.717) is 45.8 Å². The van der Waals surface area contributed by atoms with E-state index in [0.717, 1.165) is 24.8 Å². The number of rotatable bonds is 8. The van der Waals surface area contributed by atoms with Crippen molar-refractivity contribution in [3.8, 4) is 0 Å². The zero-order valence-corrected chi connectivity index (χ0v) is 15.7. The van der Waals surface area contributed by atoms with Gasteiger partial charge in [0.2, 0.25) is 5.91 Å². The first-order valence-electron chi connectivity index (χ1n) is 9.89. The highest BCUT2D eigenvalue weighted by Gasteiger charge is 2.40. The molecule has 2 aliphatic rings. The van der Waals surface area contributed by atoms with Gasteiger partial charge in [-0.2, -0.15) is 0 Å². The highest BCUT2D eigenvalue weighted by Crippen LogP contribution is 2.33. The molecule has 0 bridgehead atoms. The van der Waals surface area contributed by atoms with Gasteiger partial charge >= 0.3 is 5.97 Å². The van der Waals surface area contributed by atoms with Gasteiger partial charge in [-0.3, -0.25) is 9.59 Å². The Bertz CT molecular complexity index is 612. The number of aliphatic carboxylic acids is 1. The lowest BCUT2D eigenvalue weighted by molar-refractivity contribution is -0.146. The number of likely N-dealkylation sites (tertiary alicyclic amines) is 1. The van der Waals surface area contributed by atoms with Gasteiger partial charge in [0.15, 0.2) is 0 Å². The first-order valence-corrected chi connectivity index (χ1v) is 9.89. The third-order valence-corrected chi connectivity index (χ3v) is 5.60. The average molecular weight is 375 g/mol. The van der Waals surface area contributed by atoms with Crippen LogP contribution in [0.4, 0.5) is 0 Å². The molecule has 1 aromatic carbocycles. The van der Waals surface area contributed by atoms with Crippen LogP contribution in [0.3, 0.4) is 0 Å². The number of carbonyl (C=O) groups excluding carboxylic acids is 1. The maximum Gasteiger partial charge on any atom is 0.309 e. The Hall–Kier alpha value is -1.92. The van der Waals surface area contributed by atoms with E-state index in [2.05, 4.69) is 0 Å². The van der Waals surface area contributed by atoms with E-state index in [-0.39, 0.29) is 23.8 Å². The van der Waals surface area contributed by atoms with Crippen molar-refractivity contribution >= 4 is 11.9 Å². The molecule has 6 heteroatoms. The van der Waals surface area contributed by atoms with Crippen molar-refractivity contribution in [1.82, 2.24) is 4.90 Å². The number of carboxylic acid groups (broad SMARTS) is 1.